The molecule has 3 rings (SSSR count). The van der Waals surface area contributed by atoms with Crippen molar-refractivity contribution in [3.8, 4) is 0 Å². The summed E-state index contributed by atoms with van der Waals surface area (Å²) in [5, 5.41) is 15.5. The monoisotopic (exact) mass is 381 g/mol. The van der Waals surface area contributed by atoms with Crippen LogP contribution in [0.15, 0.2) is 12.2 Å². The lowest BCUT2D eigenvalue weighted by atomic mass is 9.96. The van der Waals surface area contributed by atoms with Gasteiger partial charge in [0.25, 0.3) is 0 Å². The lowest BCUT2D eigenvalue weighted by Gasteiger charge is -2.34. The van der Waals surface area contributed by atoms with Crippen molar-refractivity contribution in [3.63, 3.8) is 0 Å². The fourth-order valence-corrected chi connectivity index (χ4v) is 3.88. The second kappa shape index (κ2) is 10.1. The molecule has 3 aliphatic rings. The summed E-state index contributed by atoms with van der Waals surface area (Å²) in [5.41, 5.74) is 0. The van der Waals surface area contributed by atoms with Gasteiger partial charge in [0.1, 0.15) is 6.10 Å². The molecule has 2 heterocycles. The molecule has 27 heavy (non-hydrogen) atoms. The molecule has 0 aromatic rings. The van der Waals surface area contributed by atoms with Gasteiger partial charge in [-0.25, -0.2) is 4.79 Å². The number of aliphatic hydroxyl groups is 1. The normalized spacial score (nSPS) is 29.4. The number of amides is 3. The van der Waals surface area contributed by atoms with E-state index in [1.165, 1.54) is 6.42 Å². The summed E-state index contributed by atoms with van der Waals surface area (Å²) in [6.07, 6.45) is 8.46. The summed E-state index contributed by atoms with van der Waals surface area (Å²) in [7, 11) is 0. The fraction of sp³-hybridized carbons (Fsp3) is 0.789. The van der Waals surface area contributed by atoms with Crippen LogP contribution in [-0.4, -0.2) is 79.1 Å². The van der Waals surface area contributed by atoms with Crippen molar-refractivity contribution in [1.29, 1.82) is 0 Å². The molecule has 0 radical (unpaired) electrons. The van der Waals surface area contributed by atoms with Crippen molar-refractivity contribution >= 4 is 11.9 Å². The Morgan fingerprint density at radius 1 is 1.07 bits per heavy atom. The predicted octanol–water partition coefficient (Wildman–Crippen LogP) is 0.552. The van der Waals surface area contributed by atoms with Gasteiger partial charge in [-0.05, 0) is 12.8 Å². The molecule has 0 aromatic carbocycles. The molecule has 2 fully saturated rings. The number of nitrogens with zero attached hydrogens (tertiary/aromatic N) is 1. The number of nitrogens with one attached hydrogen (secondary N) is 2. The average Bonchev–Trinajstić information content (AvgIpc) is 2.70. The van der Waals surface area contributed by atoms with E-state index in [1.807, 2.05) is 6.08 Å². The van der Waals surface area contributed by atoms with Crippen molar-refractivity contribution in [2.75, 3.05) is 32.9 Å². The van der Waals surface area contributed by atoms with Gasteiger partial charge in [-0.1, -0.05) is 31.4 Å². The molecule has 152 valence electrons. The van der Waals surface area contributed by atoms with Crippen LogP contribution in [0.5, 0.6) is 0 Å². The molecule has 2 aliphatic heterocycles. The number of carbonyl (C=O) groups excluding carboxylic acids is 2. The zero-order chi connectivity index (χ0) is 19.1. The van der Waals surface area contributed by atoms with Crippen LogP contribution in [0.2, 0.25) is 0 Å². The molecule has 3 amide bonds. The number of carbonyl (C=O) groups is 2. The number of ether oxygens (including phenoxy) is 2. The van der Waals surface area contributed by atoms with Crippen molar-refractivity contribution in [1.82, 2.24) is 15.5 Å². The van der Waals surface area contributed by atoms with Crippen LogP contribution < -0.4 is 10.6 Å². The van der Waals surface area contributed by atoms with Crippen molar-refractivity contribution < 1.29 is 24.2 Å². The van der Waals surface area contributed by atoms with Gasteiger partial charge >= 0.3 is 6.03 Å². The van der Waals surface area contributed by atoms with Crippen LogP contribution in [0.1, 0.15) is 38.5 Å². The third-order valence-electron chi connectivity index (χ3n) is 5.44. The number of hydrogen-bond donors (Lipinski definition) is 3. The molecule has 3 atom stereocenters. The SMILES string of the molecule is O=C(NC1CCCCC1)N[C@@H]1C=C[C@@H](CC(=O)N2CCOCC2)O[C@H]1CO. The van der Waals surface area contributed by atoms with Crippen LogP contribution in [0, 0.1) is 0 Å². The van der Waals surface area contributed by atoms with Crippen LogP contribution >= 0.6 is 0 Å². The van der Waals surface area contributed by atoms with E-state index in [0.717, 1.165) is 25.7 Å². The highest BCUT2D eigenvalue weighted by Gasteiger charge is 2.30. The first-order valence-electron chi connectivity index (χ1n) is 10.0. The van der Waals surface area contributed by atoms with Gasteiger partial charge in [0.05, 0.1) is 38.4 Å². The van der Waals surface area contributed by atoms with Crippen LogP contribution in [0.3, 0.4) is 0 Å². The molecule has 0 unspecified atom stereocenters. The average molecular weight is 381 g/mol. The third kappa shape index (κ3) is 5.92. The topological polar surface area (TPSA) is 100 Å². The zero-order valence-corrected chi connectivity index (χ0v) is 15.8. The smallest absolute Gasteiger partial charge is 0.315 e. The lowest BCUT2D eigenvalue weighted by molar-refractivity contribution is -0.139. The molecule has 3 N–H and O–H groups in total. The lowest BCUT2D eigenvalue weighted by Crippen LogP contribution is -2.53. The van der Waals surface area contributed by atoms with Gasteiger partial charge in [0.2, 0.25) is 5.91 Å². The molecule has 1 saturated heterocycles. The van der Waals surface area contributed by atoms with E-state index in [-0.39, 0.29) is 31.0 Å². The van der Waals surface area contributed by atoms with Gasteiger partial charge in [0, 0.05) is 19.1 Å². The highest BCUT2D eigenvalue weighted by atomic mass is 16.5. The predicted molar refractivity (Wildman–Crippen MR) is 99.2 cm³/mol. The maximum atomic E-state index is 12.4. The zero-order valence-electron chi connectivity index (χ0n) is 15.8. The molecule has 8 nitrogen and oxygen atoms in total. The van der Waals surface area contributed by atoms with E-state index in [4.69, 9.17) is 9.47 Å². The minimum absolute atomic E-state index is 0.0195. The molecule has 1 aliphatic carbocycles. The Hall–Kier alpha value is -1.64. The first-order chi connectivity index (χ1) is 13.2. The molecule has 8 heteroatoms. The van der Waals surface area contributed by atoms with Gasteiger partial charge in [-0.15, -0.1) is 0 Å². The second-order valence-corrected chi connectivity index (χ2v) is 7.46. The largest absolute Gasteiger partial charge is 0.394 e. The minimum atomic E-state index is -0.561. The van der Waals surface area contributed by atoms with E-state index in [2.05, 4.69) is 10.6 Å². The summed E-state index contributed by atoms with van der Waals surface area (Å²) >= 11 is 0. The minimum Gasteiger partial charge on any atom is -0.394 e. The maximum Gasteiger partial charge on any atom is 0.315 e. The maximum absolute atomic E-state index is 12.4. The first-order valence-corrected chi connectivity index (χ1v) is 10.0. The fourth-order valence-electron chi connectivity index (χ4n) is 3.88. The summed E-state index contributed by atoms with van der Waals surface area (Å²) in [6, 6.07) is -0.423. The number of hydrogen-bond acceptors (Lipinski definition) is 5. The summed E-state index contributed by atoms with van der Waals surface area (Å²) < 4.78 is 11.1. The molecule has 0 bridgehead atoms. The van der Waals surface area contributed by atoms with Crippen LogP contribution in [0.25, 0.3) is 0 Å². The second-order valence-electron chi connectivity index (χ2n) is 7.46. The van der Waals surface area contributed by atoms with Gasteiger partial charge in [-0.3, -0.25) is 4.79 Å². The van der Waals surface area contributed by atoms with Crippen molar-refractivity contribution in [2.45, 2.75) is 62.8 Å². The number of aliphatic hydroxyl groups excluding tert-OH is 1. The molecule has 1 saturated carbocycles. The highest BCUT2D eigenvalue weighted by Crippen LogP contribution is 2.19. The Balaban J connectivity index is 1.48. The Labute approximate surface area is 160 Å². The Morgan fingerprint density at radius 3 is 2.52 bits per heavy atom. The Morgan fingerprint density at radius 2 is 1.81 bits per heavy atom. The third-order valence-corrected chi connectivity index (χ3v) is 5.44. The van der Waals surface area contributed by atoms with E-state index in [1.54, 1.807) is 11.0 Å². The Bertz CT molecular complexity index is 529. The van der Waals surface area contributed by atoms with E-state index in [9.17, 15) is 14.7 Å². The van der Waals surface area contributed by atoms with Crippen LogP contribution in [0.4, 0.5) is 4.79 Å². The number of rotatable bonds is 5. The first kappa shape index (κ1) is 20.1. The molecule has 0 aromatic heterocycles. The van der Waals surface area contributed by atoms with E-state index >= 15 is 0 Å². The number of morpholine rings is 1. The molecular formula is C19H31N3O5. The quantitative estimate of drug-likeness (QED) is 0.604. The molecular weight excluding hydrogens is 350 g/mol. The number of urea groups is 1. The van der Waals surface area contributed by atoms with E-state index < -0.39 is 18.2 Å². The summed E-state index contributed by atoms with van der Waals surface area (Å²) in [6.45, 7) is 2.11. The van der Waals surface area contributed by atoms with E-state index in [0.29, 0.717) is 26.3 Å². The highest BCUT2D eigenvalue weighted by molar-refractivity contribution is 5.77. The Kier molecular flexibility index (Phi) is 7.49. The van der Waals surface area contributed by atoms with Gasteiger partial charge in [0.15, 0.2) is 0 Å². The van der Waals surface area contributed by atoms with Gasteiger partial charge in [-0.2, -0.15) is 0 Å². The van der Waals surface area contributed by atoms with Gasteiger partial charge < -0.3 is 30.1 Å². The van der Waals surface area contributed by atoms with Crippen LogP contribution in [-0.2, 0) is 14.3 Å². The summed E-state index contributed by atoms with van der Waals surface area (Å²) in [5.74, 6) is 0.0195. The van der Waals surface area contributed by atoms with Crippen molar-refractivity contribution in [3.05, 3.63) is 12.2 Å². The standard InChI is InChI=1S/C19H31N3O5/c23-13-17-16(21-19(25)20-14-4-2-1-3-5-14)7-6-15(27-17)12-18(24)22-8-10-26-11-9-22/h6-7,14-17,23H,1-5,8-13H2,(H2,20,21,25)/t15-,16+,17-/m0/s1. The van der Waals surface area contributed by atoms with Crippen molar-refractivity contribution in [2.24, 2.45) is 0 Å². The summed E-state index contributed by atoms with van der Waals surface area (Å²) in [4.78, 5) is 26.4. The molecule has 0 spiro atoms.